The van der Waals surface area contributed by atoms with Crippen molar-refractivity contribution in [1.82, 2.24) is 4.57 Å². The number of rotatable bonds is 7. The first-order valence-electron chi connectivity index (χ1n) is 12.3. The molecule has 200 valence electrons. The average Bonchev–Trinajstić information content (AvgIpc) is 3.43. The number of para-hydroxylation sites is 1. The van der Waals surface area contributed by atoms with Crippen LogP contribution in [0.4, 0.5) is 11.6 Å². The molecule has 39 heavy (non-hydrogen) atoms. The summed E-state index contributed by atoms with van der Waals surface area (Å²) in [5.41, 5.74) is 2.12. The number of anilines is 2. The molecule has 2 aromatic heterocycles. The molecule has 0 unspecified atom stereocenters. The van der Waals surface area contributed by atoms with Crippen LogP contribution in [0.15, 0.2) is 90.6 Å². The largest absolute Gasteiger partial charge is 0.494 e. The SMILES string of the molecule is CCOc1ccc([C@@H]2C(C(=O)Nc3ccccc3)=C(C)N=c3s/c(=C/c4cc(Br)c(N(C)C)o4)c(=O)n32)cc1. The van der Waals surface area contributed by atoms with E-state index in [1.807, 2.05) is 86.6 Å². The topological polar surface area (TPSA) is 89.1 Å². The molecule has 0 aliphatic carbocycles. The minimum atomic E-state index is -0.677. The maximum Gasteiger partial charge on any atom is 0.271 e. The van der Waals surface area contributed by atoms with E-state index in [1.165, 1.54) is 11.3 Å². The second-order valence-electron chi connectivity index (χ2n) is 9.10. The first-order valence-corrected chi connectivity index (χ1v) is 14.0. The lowest BCUT2D eigenvalue weighted by Crippen LogP contribution is -2.40. The minimum absolute atomic E-state index is 0.255. The average molecular weight is 608 g/mol. The molecule has 0 spiro atoms. The lowest BCUT2D eigenvalue weighted by molar-refractivity contribution is -0.113. The number of carbonyl (C=O) groups is 1. The predicted octanol–water partition coefficient (Wildman–Crippen LogP) is 4.69. The molecule has 1 aliphatic rings. The predicted molar refractivity (Wildman–Crippen MR) is 157 cm³/mol. The number of hydrogen-bond acceptors (Lipinski definition) is 7. The Kier molecular flexibility index (Phi) is 7.58. The van der Waals surface area contributed by atoms with E-state index in [-0.39, 0.29) is 11.5 Å². The Morgan fingerprint density at radius 1 is 1.21 bits per heavy atom. The molecule has 1 amide bonds. The zero-order valence-corrected chi connectivity index (χ0v) is 24.3. The maximum absolute atomic E-state index is 13.9. The zero-order chi connectivity index (χ0) is 27.7. The number of fused-ring (bicyclic) bond motifs is 1. The Hall–Kier alpha value is -3.89. The number of allylic oxidation sites excluding steroid dienone is 1. The summed E-state index contributed by atoms with van der Waals surface area (Å²) in [6.07, 6.45) is 1.71. The van der Waals surface area contributed by atoms with Crippen molar-refractivity contribution in [2.24, 2.45) is 4.99 Å². The van der Waals surface area contributed by atoms with Crippen LogP contribution in [0.2, 0.25) is 0 Å². The van der Waals surface area contributed by atoms with Crippen molar-refractivity contribution >= 4 is 50.8 Å². The number of nitrogens with zero attached hydrogens (tertiary/aromatic N) is 3. The molecule has 1 N–H and O–H groups in total. The van der Waals surface area contributed by atoms with Gasteiger partial charge >= 0.3 is 0 Å². The number of aromatic nitrogens is 1. The molecular weight excluding hydrogens is 580 g/mol. The van der Waals surface area contributed by atoms with Gasteiger partial charge in [0, 0.05) is 31.9 Å². The molecule has 0 radical (unpaired) electrons. The van der Waals surface area contributed by atoms with Crippen LogP contribution in [-0.4, -0.2) is 31.2 Å². The number of benzene rings is 2. The van der Waals surface area contributed by atoms with Gasteiger partial charge in [-0.25, -0.2) is 4.99 Å². The van der Waals surface area contributed by atoms with Crippen LogP contribution >= 0.6 is 27.3 Å². The number of nitrogens with one attached hydrogen (secondary N) is 1. The number of amides is 1. The fraction of sp³-hybridized carbons (Fsp3) is 0.207. The number of furan rings is 1. The highest BCUT2D eigenvalue weighted by Gasteiger charge is 2.32. The lowest BCUT2D eigenvalue weighted by atomic mass is 9.95. The van der Waals surface area contributed by atoms with Gasteiger partial charge in [0.1, 0.15) is 11.5 Å². The van der Waals surface area contributed by atoms with Crippen molar-refractivity contribution < 1.29 is 13.9 Å². The first kappa shape index (κ1) is 26.7. The van der Waals surface area contributed by atoms with E-state index in [1.54, 1.807) is 17.6 Å². The van der Waals surface area contributed by atoms with Gasteiger partial charge in [0.15, 0.2) is 4.80 Å². The number of carbonyl (C=O) groups excluding carboxylic acids is 1. The zero-order valence-electron chi connectivity index (χ0n) is 21.9. The smallest absolute Gasteiger partial charge is 0.271 e. The van der Waals surface area contributed by atoms with Crippen LogP contribution in [0.5, 0.6) is 5.75 Å². The molecule has 0 saturated heterocycles. The summed E-state index contributed by atoms with van der Waals surface area (Å²) in [6, 6.07) is 17.8. The van der Waals surface area contributed by atoms with Crippen LogP contribution in [0, 0.1) is 0 Å². The Morgan fingerprint density at radius 3 is 2.56 bits per heavy atom. The molecule has 3 heterocycles. The number of halogens is 1. The Balaban J connectivity index is 1.65. The molecule has 2 aromatic carbocycles. The van der Waals surface area contributed by atoms with E-state index < -0.39 is 6.04 Å². The highest BCUT2D eigenvalue weighted by molar-refractivity contribution is 9.10. The lowest BCUT2D eigenvalue weighted by Gasteiger charge is -2.25. The summed E-state index contributed by atoms with van der Waals surface area (Å²) in [6.45, 7) is 4.26. The van der Waals surface area contributed by atoms with Crippen molar-refractivity contribution in [2.75, 3.05) is 30.9 Å². The van der Waals surface area contributed by atoms with Gasteiger partial charge in [0.05, 0.1) is 32.9 Å². The molecule has 10 heteroatoms. The third-order valence-corrected chi connectivity index (χ3v) is 7.72. The van der Waals surface area contributed by atoms with E-state index in [4.69, 9.17) is 14.1 Å². The van der Waals surface area contributed by atoms with Gasteiger partial charge in [-0.3, -0.25) is 14.2 Å². The summed E-state index contributed by atoms with van der Waals surface area (Å²) in [4.78, 5) is 34.6. The maximum atomic E-state index is 13.9. The molecule has 0 saturated carbocycles. The van der Waals surface area contributed by atoms with Crippen LogP contribution in [0.25, 0.3) is 6.08 Å². The van der Waals surface area contributed by atoms with E-state index in [9.17, 15) is 9.59 Å². The van der Waals surface area contributed by atoms with Crippen molar-refractivity contribution in [1.29, 1.82) is 0 Å². The summed E-state index contributed by atoms with van der Waals surface area (Å²) < 4.78 is 14.4. The third-order valence-electron chi connectivity index (χ3n) is 6.17. The van der Waals surface area contributed by atoms with Gasteiger partial charge in [0.25, 0.3) is 11.5 Å². The minimum Gasteiger partial charge on any atom is -0.494 e. The third kappa shape index (κ3) is 5.35. The highest BCUT2D eigenvalue weighted by Crippen LogP contribution is 2.32. The summed E-state index contributed by atoms with van der Waals surface area (Å²) in [5.74, 6) is 1.58. The van der Waals surface area contributed by atoms with Gasteiger partial charge < -0.3 is 19.4 Å². The van der Waals surface area contributed by atoms with Crippen molar-refractivity contribution in [2.45, 2.75) is 19.9 Å². The summed E-state index contributed by atoms with van der Waals surface area (Å²) >= 11 is 4.77. The van der Waals surface area contributed by atoms with E-state index >= 15 is 0 Å². The van der Waals surface area contributed by atoms with Crippen molar-refractivity contribution in [3.05, 3.63) is 107 Å². The standard InChI is InChI=1S/C29H27BrN4O4S/c1-5-37-20-13-11-18(12-14-20)25-24(26(35)32-19-9-7-6-8-10-19)17(2)31-29-34(25)27(36)23(39-29)16-21-15-22(30)28(38-21)33(3)4/h6-16,25H,5H2,1-4H3,(H,32,35)/b23-16+/t25-/m1/s1. The summed E-state index contributed by atoms with van der Waals surface area (Å²) in [5, 5.41) is 2.96. The number of ether oxygens (including phenoxy) is 1. The normalized spacial score (nSPS) is 15.1. The first-order chi connectivity index (χ1) is 18.8. The molecule has 5 rings (SSSR count). The van der Waals surface area contributed by atoms with Crippen LogP contribution in [0.1, 0.15) is 31.2 Å². The van der Waals surface area contributed by atoms with Gasteiger partial charge in [0.2, 0.25) is 5.88 Å². The van der Waals surface area contributed by atoms with Crippen molar-refractivity contribution in [3.8, 4) is 5.75 Å². The fourth-order valence-electron chi connectivity index (χ4n) is 4.44. The number of thiazole rings is 1. The quantitative estimate of drug-likeness (QED) is 0.329. The van der Waals surface area contributed by atoms with Crippen LogP contribution in [0.3, 0.4) is 0 Å². The Labute approximate surface area is 237 Å². The molecular formula is C29H27BrN4O4S. The number of hydrogen-bond donors (Lipinski definition) is 1. The second-order valence-corrected chi connectivity index (χ2v) is 11.0. The van der Waals surface area contributed by atoms with E-state index in [2.05, 4.69) is 21.2 Å². The Bertz CT molecular complexity index is 1730. The summed E-state index contributed by atoms with van der Waals surface area (Å²) in [7, 11) is 3.76. The highest BCUT2D eigenvalue weighted by atomic mass is 79.9. The van der Waals surface area contributed by atoms with Crippen molar-refractivity contribution in [3.63, 3.8) is 0 Å². The van der Waals surface area contributed by atoms with Crippen LogP contribution < -0.4 is 29.8 Å². The van der Waals surface area contributed by atoms with Gasteiger partial charge in [-0.1, -0.05) is 41.7 Å². The molecule has 0 bridgehead atoms. The van der Waals surface area contributed by atoms with Crippen LogP contribution in [-0.2, 0) is 4.79 Å². The molecule has 4 aromatic rings. The van der Waals surface area contributed by atoms with Gasteiger partial charge in [-0.05, 0) is 59.6 Å². The molecule has 1 aliphatic heterocycles. The van der Waals surface area contributed by atoms with E-state index in [0.29, 0.717) is 50.3 Å². The van der Waals surface area contributed by atoms with Gasteiger partial charge in [-0.15, -0.1) is 0 Å². The Morgan fingerprint density at radius 2 is 1.92 bits per heavy atom. The molecule has 0 fully saturated rings. The van der Waals surface area contributed by atoms with E-state index in [0.717, 1.165) is 10.0 Å². The fourth-order valence-corrected chi connectivity index (χ4v) is 6.13. The van der Waals surface area contributed by atoms with Gasteiger partial charge in [-0.2, -0.15) is 0 Å². The molecule has 8 nitrogen and oxygen atoms in total. The second kappa shape index (κ2) is 11.1. The molecule has 1 atom stereocenters. The monoisotopic (exact) mass is 606 g/mol.